The van der Waals surface area contributed by atoms with Gasteiger partial charge in [-0.2, -0.15) is 0 Å². The standard InChI is InChI=1S/C13H20N2O3/c1-9(2)12(17)14-11-7-10(15-18-11)13(8-16)5-3-4-6-13/h7,9,16H,3-6,8H2,1-2H3,(H,14,17). The van der Waals surface area contributed by atoms with Gasteiger partial charge in [0.25, 0.3) is 0 Å². The minimum atomic E-state index is -0.274. The molecule has 1 amide bonds. The number of nitrogens with one attached hydrogen (secondary N) is 1. The van der Waals surface area contributed by atoms with Crippen LogP contribution in [0.5, 0.6) is 0 Å². The van der Waals surface area contributed by atoms with E-state index in [4.69, 9.17) is 4.52 Å². The van der Waals surface area contributed by atoms with E-state index in [0.717, 1.165) is 31.4 Å². The number of amides is 1. The van der Waals surface area contributed by atoms with Crippen LogP contribution >= 0.6 is 0 Å². The largest absolute Gasteiger partial charge is 0.395 e. The summed E-state index contributed by atoms with van der Waals surface area (Å²) in [6.07, 6.45) is 4.05. The molecule has 100 valence electrons. The first-order valence-corrected chi connectivity index (χ1v) is 6.46. The SMILES string of the molecule is CC(C)C(=O)Nc1cc(C2(CO)CCCC2)no1. The Morgan fingerprint density at radius 1 is 1.56 bits per heavy atom. The van der Waals surface area contributed by atoms with Gasteiger partial charge >= 0.3 is 0 Å². The summed E-state index contributed by atoms with van der Waals surface area (Å²) >= 11 is 0. The fourth-order valence-electron chi connectivity index (χ4n) is 2.40. The number of carbonyl (C=O) groups is 1. The first-order chi connectivity index (χ1) is 8.57. The van der Waals surface area contributed by atoms with Crippen LogP contribution < -0.4 is 5.32 Å². The lowest BCUT2D eigenvalue weighted by molar-refractivity contribution is -0.119. The minimum Gasteiger partial charge on any atom is -0.395 e. The molecule has 2 N–H and O–H groups in total. The summed E-state index contributed by atoms with van der Waals surface area (Å²) in [6, 6.07) is 1.74. The Balaban J connectivity index is 2.12. The molecule has 0 atom stereocenters. The smallest absolute Gasteiger partial charge is 0.231 e. The van der Waals surface area contributed by atoms with Crippen molar-refractivity contribution in [2.75, 3.05) is 11.9 Å². The molecule has 0 radical (unpaired) electrons. The first kappa shape index (κ1) is 13.1. The molecule has 1 aromatic rings. The second-order valence-corrected chi connectivity index (χ2v) is 5.37. The molecular weight excluding hydrogens is 232 g/mol. The van der Waals surface area contributed by atoms with E-state index in [1.807, 2.05) is 13.8 Å². The zero-order valence-corrected chi connectivity index (χ0v) is 10.9. The summed E-state index contributed by atoms with van der Waals surface area (Å²) in [4.78, 5) is 11.5. The first-order valence-electron chi connectivity index (χ1n) is 6.46. The minimum absolute atomic E-state index is 0.0805. The fraction of sp³-hybridized carbons (Fsp3) is 0.692. The second-order valence-electron chi connectivity index (χ2n) is 5.37. The molecule has 0 saturated heterocycles. The van der Waals surface area contributed by atoms with Gasteiger partial charge < -0.3 is 9.63 Å². The molecule has 1 fully saturated rings. The Bertz CT molecular complexity index is 420. The molecule has 18 heavy (non-hydrogen) atoms. The highest BCUT2D eigenvalue weighted by molar-refractivity contribution is 5.90. The van der Waals surface area contributed by atoms with Gasteiger partial charge in [0.05, 0.1) is 12.3 Å². The zero-order chi connectivity index (χ0) is 13.2. The van der Waals surface area contributed by atoms with Gasteiger partial charge in [-0.25, -0.2) is 0 Å². The third kappa shape index (κ3) is 2.41. The Hall–Kier alpha value is -1.36. The number of hydrogen-bond donors (Lipinski definition) is 2. The van der Waals surface area contributed by atoms with Crippen molar-refractivity contribution in [2.45, 2.75) is 44.9 Å². The van der Waals surface area contributed by atoms with Crippen LogP contribution in [-0.2, 0) is 10.2 Å². The molecule has 2 rings (SSSR count). The van der Waals surface area contributed by atoms with E-state index in [9.17, 15) is 9.90 Å². The molecule has 1 saturated carbocycles. The van der Waals surface area contributed by atoms with E-state index in [0.29, 0.717) is 5.88 Å². The Labute approximate surface area is 107 Å². The predicted octanol–water partition coefficient (Wildman–Crippen LogP) is 2.07. The Kier molecular flexibility index (Phi) is 3.71. The summed E-state index contributed by atoms with van der Waals surface area (Å²) in [7, 11) is 0. The summed E-state index contributed by atoms with van der Waals surface area (Å²) in [5, 5.41) is 16.3. The fourth-order valence-corrected chi connectivity index (χ4v) is 2.40. The van der Waals surface area contributed by atoms with Crippen molar-refractivity contribution in [1.29, 1.82) is 0 Å². The monoisotopic (exact) mass is 252 g/mol. The topological polar surface area (TPSA) is 75.4 Å². The lowest BCUT2D eigenvalue weighted by atomic mass is 9.84. The maximum absolute atomic E-state index is 11.5. The van der Waals surface area contributed by atoms with Crippen molar-refractivity contribution in [3.8, 4) is 0 Å². The van der Waals surface area contributed by atoms with Gasteiger partial charge in [0, 0.05) is 17.4 Å². The zero-order valence-electron chi connectivity index (χ0n) is 10.9. The maximum Gasteiger partial charge on any atom is 0.231 e. The van der Waals surface area contributed by atoms with Gasteiger partial charge in [0.1, 0.15) is 0 Å². The summed E-state index contributed by atoms with van der Waals surface area (Å²) < 4.78 is 5.13. The van der Waals surface area contributed by atoms with Gasteiger partial charge in [0.2, 0.25) is 11.8 Å². The van der Waals surface area contributed by atoms with Gasteiger partial charge in [-0.3, -0.25) is 10.1 Å². The number of aliphatic hydroxyl groups is 1. The van der Waals surface area contributed by atoms with Crippen molar-refractivity contribution in [2.24, 2.45) is 5.92 Å². The van der Waals surface area contributed by atoms with Crippen molar-refractivity contribution in [1.82, 2.24) is 5.16 Å². The van der Waals surface area contributed by atoms with E-state index in [-0.39, 0.29) is 23.8 Å². The van der Waals surface area contributed by atoms with E-state index in [1.165, 1.54) is 0 Å². The molecule has 5 heteroatoms. The number of rotatable bonds is 4. The van der Waals surface area contributed by atoms with Crippen LogP contribution in [0.4, 0.5) is 5.88 Å². The molecule has 0 aromatic carbocycles. The molecule has 1 aliphatic rings. The quantitative estimate of drug-likeness (QED) is 0.860. The number of nitrogens with zero attached hydrogens (tertiary/aromatic N) is 1. The molecule has 0 spiro atoms. The number of aromatic nitrogens is 1. The van der Waals surface area contributed by atoms with Crippen LogP contribution in [0.2, 0.25) is 0 Å². The molecule has 1 heterocycles. The number of aliphatic hydroxyl groups excluding tert-OH is 1. The van der Waals surface area contributed by atoms with Gasteiger partial charge in [-0.1, -0.05) is 31.8 Å². The predicted molar refractivity (Wildman–Crippen MR) is 67.2 cm³/mol. The molecular formula is C13H20N2O3. The highest BCUT2D eigenvalue weighted by Crippen LogP contribution is 2.40. The Morgan fingerprint density at radius 2 is 2.22 bits per heavy atom. The van der Waals surface area contributed by atoms with Crippen LogP contribution in [0.3, 0.4) is 0 Å². The highest BCUT2D eigenvalue weighted by Gasteiger charge is 2.38. The lowest BCUT2D eigenvalue weighted by Gasteiger charge is -2.22. The van der Waals surface area contributed by atoms with Gasteiger partial charge in [-0.15, -0.1) is 0 Å². The second kappa shape index (κ2) is 5.10. The Morgan fingerprint density at radius 3 is 2.78 bits per heavy atom. The van der Waals surface area contributed by atoms with Crippen molar-refractivity contribution in [3.05, 3.63) is 11.8 Å². The molecule has 0 aliphatic heterocycles. The lowest BCUT2D eigenvalue weighted by Crippen LogP contribution is -2.27. The van der Waals surface area contributed by atoms with Crippen LogP contribution in [0.1, 0.15) is 45.2 Å². The van der Waals surface area contributed by atoms with Crippen LogP contribution in [0, 0.1) is 5.92 Å². The van der Waals surface area contributed by atoms with E-state index >= 15 is 0 Å². The average molecular weight is 252 g/mol. The normalized spacial score (nSPS) is 18.2. The van der Waals surface area contributed by atoms with Crippen LogP contribution in [-0.4, -0.2) is 22.8 Å². The maximum atomic E-state index is 11.5. The van der Waals surface area contributed by atoms with Crippen molar-refractivity contribution < 1.29 is 14.4 Å². The third-order valence-electron chi connectivity index (χ3n) is 3.69. The van der Waals surface area contributed by atoms with E-state index in [1.54, 1.807) is 6.07 Å². The van der Waals surface area contributed by atoms with Gasteiger partial charge in [-0.05, 0) is 12.8 Å². The molecule has 5 nitrogen and oxygen atoms in total. The third-order valence-corrected chi connectivity index (χ3v) is 3.69. The van der Waals surface area contributed by atoms with Crippen molar-refractivity contribution in [3.63, 3.8) is 0 Å². The molecule has 1 aliphatic carbocycles. The van der Waals surface area contributed by atoms with Crippen LogP contribution in [0.15, 0.2) is 10.6 Å². The van der Waals surface area contributed by atoms with Gasteiger partial charge in [0.15, 0.2) is 0 Å². The number of anilines is 1. The average Bonchev–Trinajstić information content (AvgIpc) is 2.97. The summed E-state index contributed by atoms with van der Waals surface area (Å²) in [5.74, 6) is 0.169. The van der Waals surface area contributed by atoms with Crippen molar-refractivity contribution >= 4 is 11.8 Å². The molecule has 0 unspecified atom stereocenters. The number of carbonyl (C=O) groups excluding carboxylic acids is 1. The molecule has 1 aromatic heterocycles. The molecule has 0 bridgehead atoms. The highest BCUT2D eigenvalue weighted by atomic mass is 16.5. The van der Waals surface area contributed by atoms with E-state index < -0.39 is 0 Å². The van der Waals surface area contributed by atoms with E-state index in [2.05, 4.69) is 10.5 Å². The van der Waals surface area contributed by atoms with Crippen LogP contribution in [0.25, 0.3) is 0 Å². The summed E-state index contributed by atoms with van der Waals surface area (Å²) in [5.41, 5.74) is 0.478. The summed E-state index contributed by atoms with van der Waals surface area (Å²) in [6.45, 7) is 3.72. The number of hydrogen-bond acceptors (Lipinski definition) is 4.